The number of aryl methyl sites for hydroxylation is 3. The summed E-state index contributed by atoms with van der Waals surface area (Å²) in [5, 5.41) is 0. The molecule has 5 nitrogen and oxygen atoms in total. The summed E-state index contributed by atoms with van der Waals surface area (Å²) in [6, 6.07) is 12.0. The Balaban J connectivity index is 1.40. The Kier molecular flexibility index (Phi) is 4.09. The second-order valence-corrected chi connectivity index (χ2v) is 8.43. The Bertz CT molecular complexity index is 1130. The van der Waals surface area contributed by atoms with Gasteiger partial charge in [0, 0.05) is 25.9 Å². The second kappa shape index (κ2) is 6.55. The number of aromatic nitrogens is 2. The number of nitrogens with zero attached hydrogens (tertiary/aromatic N) is 3. The van der Waals surface area contributed by atoms with Crippen molar-refractivity contribution in [1.29, 1.82) is 0 Å². The Morgan fingerprint density at radius 3 is 2.34 bits per heavy atom. The minimum absolute atomic E-state index is 0.199. The lowest BCUT2D eigenvalue weighted by molar-refractivity contribution is 0.0230. The highest BCUT2D eigenvalue weighted by Crippen LogP contribution is 2.41. The average molecular weight is 387 g/mol. The lowest BCUT2D eigenvalue weighted by atomic mass is 9.82. The summed E-state index contributed by atoms with van der Waals surface area (Å²) >= 11 is 0. The summed E-state index contributed by atoms with van der Waals surface area (Å²) in [5.74, 6) is 1.89. The third-order valence-electron chi connectivity index (χ3n) is 6.40. The molecule has 0 aliphatic carbocycles. The van der Waals surface area contributed by atoms with Crippen LogP contribution in [0.2, 0.25) is 0 Å². The minimum Gasteiger partial charge on any atom is -0.486 e. The van der Waals surface area contributed by atoms with Crippen LogP contribution in [0.1, 0.15) is 46.4 Å². The number of piperidine rings is 1. The number of rotatable bonds is 1. The van der Waals surface area contributed by atoms with Gasteiger partial charge in [0.05, 0.1) is 28.7 Å². The Labute approximate surface area is 170 Å². The largest absolute Gasteiger partial charge is 0.486 e. The summed E-state index contributed by atoms with van der Waals surface area (Å²) in [7, 11) is 0. The number of anilines is 1. The van der Waals surface area contributed by atoms with Crippen molar-refractivity contribution < 1.29 is 9.53 Å². The quantitative estimate of drug-likeness (QED) is 0.613. The molecule has 0 saturated carbocycles. The number of hydrogen-bond donors (Lipinski definition) is 0. The van der Waals surface area contributed by atoms with Crippen molar-refractivity contribution in [2.45, 2.75) is 45.6 Å². The van der Waals surface area contributed by atoms with Crippen molar-refractivity contribution in [3.8, 4) is 5.75 Å². The molecule has 0 unspecified atom stereocenters. The summed E-state index contributed by atoms with van der Waals surface area (Å²) in [5.41, 5.74) is 5.41. The molecule has 29 heavy (non-hydrogen) atoms. The van der Waals surface area contributed by atoms with E-state index in [-0.39, 0.29) is 5.78 Å². The lowest BCUT2D eigenvalue weighted by Crippen LogP contribution is -2.51. The Hall–Kier alpha value is -2.95. The monoisotopic (exact) mass is 387 g/mol. The molecule has 0 radical (unpaired) electrons. The SMILES string of the molecule is Cc1cc2c(cc1C)C(=O)CC1(CCN(c3nc4ccccc4nc3C)CC1)O2. The molecule has 3 aromatic rings. The zero-order chi connectivity index (χ0) is 20.2. The number of para-hydroxylation sites is 2. The molecule has 1 aromatic heterocycles. The first-order valence-corrected chi connectivity index (χ1v) is 10.3. The number of carbonyl (C=O) groups excluding carboxylic acids is 1. The molecular weight excluding hydrogens is 362 g/mol. The van der Waals surface area contributed by atoms with Crippen LogP contribution in [0.4, 0.5) is 5.82 Å². The summed E-state index contributed by atoms with van der Waals surface area (Å²) in [6.07, 6.45) is 2.07. The number of ketones is 1. The van der Waals surface area contributed by atoms with E-state index in [9.17, 15) is 4.79 Å². The van der Waals surface area contributed by atoms with Crippen LogP contribution in [-0.2, 0) is 0 Å². The number of benzene rings is 2. The molecule has 148 valence electrons. The maximum Gasteiger partial charge on any atom is 0.170 e. The van der Waals surface area contributed by atoms with E-state index in [4.69, 9.17) is 14.7 Å². The first-order valence-electron chi connectivity index (χ1n) is 10.3. The van der Waals surface area contributed by atoms with E-state index in [1.165, 1.54) is 0 Å². The standard InChI is InChI=1S/C24H25N3O2/c1-15-12-18-21(28)14-24(29-22(18)13-16(15)2)8-10-27(11-9-24)23-17(3)25-19-6-4-5-7-20(19)26-23/h4-7,12-13H,8-11,14H2,1-3H3. The maximum absolute atomic E-state index is 12.9. The molecule has 1 spiro atoms. The molecule has 0 bridgehead atoms. The normalized spacial score (nSPS) is 18.0. The Morgan fingerprint density at radius 2 is 1.62 bits per heavy atom. The number of Topliss-reactive ketones (excluding diaryl/α,β-unsaturated/α-hetero) is 1. The van der Waals surface area contributed by atoms with Crippen LogP contribution in [0, 0.1) is 20.8 Å². The van der Waals surface area contributed by atoms with Crippen molar-refractivity contribution >= 4 is 22.6 Å². The van der Waals surface area contributed by atoms with Gasteiger partial charge >= 0.3 is 0 Å². The van der Waals surface area contributed by atoms with Gasteiger partial charge in [0.2, 0.25) is 0 Å². The van der Waals surface area contributed by atoms with E-state index in [1.807, 2.05) is 50.2 Å². The third kappa shape index (κ3) is 3.05. The molecular formula is C24H25N3O2. The highest BCUT2D eigenvalue weighted by Gasteiger charge is 2.43. The molecule has 0 amide bonds. The second-order valence-electron chi connectivity index (χ2n) is 8.43. The molecule has 5 heteroatoms. The average Bonchev–Trinajstić information content (AvgIpc) is 2.70. The van der Waals surface area contributed by atoms with Crippen LogP contribution < -0.4 is 9.64 Å². The fourth-order valence-electron chi connectivity index (χ4n) is 4.53. The van der Waals surface area contributed by atoms with Gasteiger partial charge in [-0.05, 0) is 56.2 Å². The predicted molar refractivity (Wildman–Crippen MR) is 114 cm³/mol. The number of hydrogen-bond acceptors (Lipinski definition) is 5. The number of fused-ring (bicyclic) bond motifs is 2. The third-order valence-corrected chi connectivity index (χ3v) is 6.40. The van der Waals surface area contributed by atoms with Crippen molar-refractivity contribution in [3.05, 3.63) is 58.8 Å². The van der Waals surface area contributed by atoms with E-state index < -0.39 is 5.60 Å². The van der Waals surface area contributed by atoms with Gasteiger partial charge < -0.3 is 9.64 Å². The first kappa shape index (κ1) is 18.1. The topological polar surface area (TPSA) is 55.3 Å². The van der Waals surface area contributed by atoms with Crippen LogP contribution in [0.5, 0.6) is 5.75 Å². The van der Waals surface area contributed by atoms with Gasteiger partial charge in [-0.3, -0.25) is 4.79 Å². The maximum atomic E-state index is 12.9. The van der Waals surface area contributed by atoms with E-state index in [0.29, 0.717) is 6.42 Å². The van der Waals surface area contributed by atoms with Gasteiger partial charge in [0.15, 0.2) is 11.6 Å². The van der Waals surface area contributed by atoms with Crippen LogP contribution in [0.25, 0.3) is 11.0 Å². The van der Waals surface area contributed by atoms with E-state index in [0.717, 1.165) is 70.9 Å². The fourth-order valence-corrected chi connectivity index (χ4v) is 4.53. The molecule has 0 N–H and O–H groups in total. The number of ether oxygens (including phenoxy) is 1. The summed E-state index contributed by atoms with van der Waals surface area (Å²) < 4.78 is 6.47. The van der Waals surface area contributed by atoms with Crippen LogP contribution in [-0.4, -0.2) is 34.4 Å². The van der Waals surface area contributed by atoms with Crippen LogP contribution in [0.3, 0.4) is 0 Å². The fraction of sp³-hybridized carbons (Fsp3) is 0.375. The van der Waals surface area contributed by atoms with Gasteiger partial charge in [0.25, 0.3) is 0 Å². The minimum atomic E-state index is -0.402. The smallest absolute Gasteiger partial charge is 0.170 e. The predicted octanol–water partition coefficient (Wildman–Crippen LogP) is 4.56. The first-order chi connectivity index (χ1) is 13.9. The molecule has 0 atom stereocenters. The van der Waals surface area contributed by atoms with E-state index in [1.54, 1.807) is 0 Å². The molecule has 1 fully saturated rings. The van der Waals surface area contributed by atoms with Crippen LogP contribution in [0.15, 0.2) is 36.4 Å². The highest BCUT2D eigenvalue weighted by molar-refractivity contribution is 6.00. The zero-order valence-electron chi connectivity index (χ0n) is 17.2. The number of carbonyl (C=O) groups is 1. The summed E-state index contributed by atoms with van der Waals surface area (Å²) in [4.78, 5) is 24.7. The van der Waals surface area contributed by atoms with E-state index in [2.05, 4.69) is 11.8 Å². The molecule has 3 heterocycles. The summed E-state index contributed by atoms with van der Waals surface area (Å²) in [6.45, 7) is 7.73. The molecule has 2 aliphatic heterocycles. The zero-order valence-corrected chi connectivity index (χ0v) is 17.2. The lowest BCUT2D eigenvalue weighted by Gasteiger charge is -2.44. The Morgan fingerprint density at radius 1 is 0.966 bits per heavy atom. The van der Waals surface area contributed by atoms with Crippen molar-refractivity contribution in [2.75, 3.05) is 18.0 Å². The van der Waals surface area contributed by atoms with Gasteiger partial charge in [0.1, 0.15) is 11.4 Å². The van der Waals surface area contributed by atoms with Gasteiger partial charge in [-0.25, -0.2) is 9.97 Å². The molecule has 2 aliphatic rings. The van der Waals surface area contributed by atoms with Crippen molar-refractivity contribution in [2.24, 2.45) is 0 Å². The molecule has 1 saturated heterocycles. The van der Waals surface area contributed by atoms with E-state index >= 15 is 0 Å². The highest BCUT2D eigenvalue weighted by atomic mass is 16.5. The van der Waals surface area contributed by atoms with Crippen molar-refractivity contribution in [1.82, 2.24) is 9.97 Å². The van der Waals surface area contributed by atoms with Gasteiger partial charge in [-0.2, -0.15) is 0 Å². The molecule has 5 rings (SSSR count). The van der Waals surface area contributed by atoms with Crippen molar-refractivity contribution in [3.63, 3.8) is 0 Å². The van der Waals surface area contributed by atoms with Gasteiger partial charge in [-0.15, -0.1) is 0 Å². The molecule has 2 aromatic carbocycles. The van der Waals surface area contributed by atoms with Gasteiger partial charge in [-0.1, -0.05) is 12.1 Å². The van der Waals surface area contributed by atoms with Crippen LogP contribution >= 0.6 is 0 Å².